The minimum atomic E-state index is 0.793. The topological polar surface area (TPSA) is 0 Å². The van der Waals surface area contributed by atoms with E-state index in [-0.39, 0.29) is 0 Å². The van der Waals surface area contributed by atoms with Crippen LogP contribution in [0.3, 0.4) is 0 Å². The molecule has 0 aromatic rings. The zero-order valence-corrected chi connectivity index (χ0v) is 6.48. The van der Waals surface area contributed by atoms with Crippen molar-refractivity contribution in [1.29, 1.82) is 0 Å². The molecule has 1 rings (SSSR count). The minimum absolute atomic E-state index is 0.793. The van der Waals surface area contributed by atoms with Gasteiger partial charge in [0, 0.05) is 0 Å². The lowest BCUT2D eigenvalue weighted by Gasteiger charge is -2.25. The summed E-state index contributed by atoms with van der Waals surface area (Å²) in [6.45, 7) is 8.65. The van der Waals surface area contributed by atoms with Crippen LogP contribution < -0.4 is 0 Å². The van der Waals surface area contributed by atoms with Crippen LogP contribution in [0.15, 0.2) is 12.2 Å². The van der Waals surface area contributed by atoms with Gasteiger partial charge in [0.25, 0.3) is 0 Å². The van der Waals surface area contributed by atoms with Crippen LogP contribution in [0.25, 0.3) is 0 Å². The second-order valence-electron chi connectivity index (χ2n) is 3.45. The minimum Gasteiger partial charge on any atom is -0.0996 e. The number of hydrogen-bond donors (Lipinski definition) is 0. The lowest BCUT2D eigenvalue weighted by molar-refractivity contribution is 0.388. The Kier molecular flexibility index (Phi) is 1.94. The van der Waals surface area contributed by atoms with Crippen molar-refractivity contribution >= 4 is 0 Å². The van der Waals surface area contributed by atoms with Crippen molar-refractivity contribution in [2.75, 3.05) is 0 Å². The summed E-state index contributed by atoms with van der Waals surface area (Å²) in [6, 6.07) is 0. The Hall–Kier alpha value is -0.260. The Morgan fingerprint density at radius 1 is 1.33 bits per heavy atom. The molecule has 0 saturated heterocycles. The molecule has 0 N–H and O–H groups in total. The molecule has 0 aromatic heterocycles. The average molecular weight is 124 g/mol. The summed E-state index contributed by atoms with van der Waals surface area (Å²) in [5, 5.41) is 0. The third-order valence-corrected chi connectivity index (χ3v) is 2.40. The summed E-state index contributed by atoms with van der Waals surface area (Å²) in [6.07, 6.45) is 4.03. The summed E-state index contributed by atoms with van der Waals surface area (Å²) < 4.78 is 0. The standard InChI is InChI=1S/C9H16/c1-7-4-5-8(2)9(3)6-7/h7-8H,3-6H2,1-2H3/t7-,8+/m1/s1. The Labute approximate surface area is 58.0 Å². The summed E-state index contributed by atoms with van der Waals surface area (Å²) in [7, 11) is 0. The van der Waals surface area contributed by atoms with E-state index in [1.54, 1.807) is 0 Å². The van der Waals surface area contributed by atoms with Crippen molar-refractivity contribution in [3.05, 3.63) is 12.2 Å². The normalized spacial score (nSPS) is 36.9. The molecular weight excluding hydrogens is 108 g/mol. The Morgan fingerprint density at radius 2 is 2.00 bits per heavy atom. The van der Waals surface area contributed by atoms with E-state index < -0.39 is 0 Å². The average Bonchev–Trinajstić information content (AvgIpc) is 1.80. The zero-order valence-electron chi connectivity index (χ0n) is 6.48. The van der Waals surface area contributed by atoms with E-state index in [0.717, 1.165) is 11.8 Å². The molecule has 52 valence electrons. The maximum absolute atomic E-state index is 4.05. The van der Waals surface area contributed by atoms with Crippen molar-refractivity contribution in [2.45, 2.75) is 33.1 Å². The first-order valence-corrected chi connectivity index (χ1v) is 3.88. The summed E-state index contributed by atoms with van der Waals surface area (Å²) in [5.74, 6) is 1.69. The number of rotatable bonds is 0. The van der Waals surface area contributed by atoms with Gasteiger partial charge in [0.1, 0.15) is 0 Å². The molecule has 1 aliphatic rings. The summed E-state index contributed by atoms with van der Waals surface area (Å²) >= 11 is 0. The first-order chi connectivity index (χ1) is 4.20. The van der Waals surface area contributed by atoms with Gasteiger partial charge in [-0.05, 0) is 31.1 Å². The van der Waals surface area contributed by atoms with Gasteiger partial charge in [0.05, 0.1) is 0 Å². The van der Waals surface area contributed by atoms with Gasteiger partial charge in [-0.15, -0.1) is 0 Å². The summed E-state index contributed by atoms with van der Waals surface area (Å²) in [5.41, 5.74) is 1.47. The fourth-order valence-electron chi connectivity index (χ4n) is 1.49. The number of allylic oxidation sites excluding steroid dienone is 1. The summed E-state index contributed by atoms with van der Waals surface area (Å²) in [4.78, 5) is 0. The van der Waals surface area contributed by atoms with E-state index in [9.17, 15) is 0 Å². The molecule has 0 unspecified atom stereocenters. The van der Waals surface area contributed by atoms with Crippen molar-refractivity contribution in [2.24, 2.45) is 11.8 Å². The van der Waals surface area contributed by atoms with Crippen LogP contribution in [0, 0.1) is 11.8 Å². The lowest BCUT2D eigenvalue weighted by atomic mass is 9.81. The molecule has 2 atom stereocenters. The highest BCUT2D eigenvalue weighted by Crippen LogP contribution is 2.31. The SMILES string of the molecule is C=C1C[C@H](C)CC[C@@H]1C. The van der Waals surface area contributed by atoms with Gasteiger partial charge in [-0.3, -0.25) is 0 Å². The van der Waals surface area contributed by atoms with E-state index >= 15 is 0 Å². The van der Waals surface area contributed by atoms with Gasteiger partial charge in [0.2, 0.25) is 0 Å². The van der Waals surface area contributed by atoms with Gasteiger partial charge in [0.15, 0.2) is 0 Å². The smallest absolute Gasteiger partial charge is 0.0234 e. The zero-order chi connectivity index (χ0) is 6.85. The fraction of sp³-hybridized carbons (Fsp3) is 0.778. The first kappa shape index (κ1) is 6.85. The maximum atomic E-state index is 4.05. The van der Waals surface area contributed by atoms with Crippen molar-refractivity contribution in [3.63, 3.8) is 0 Å². The van der Waals surface area contributed by atoms with E-state index in [2.05, 4.69) is 20.4 Å². The van der Waals surface area contributed by atoms with Crippen LogP contribution in [-0.4, -0.2) is 0 Å². The second-order valence-corrected chi connectivity index (χ2v) is 3.45. The molecule has 0 spiro atoms. The molecule has 0 heteroatoms. The Bertz CT molecular complexity index is 113. The fourth-order valence-corrected chi connectivity index (χ4v) is 1.49. The van der Waals surface area contributed by atoms with Crippen molar-refractivity contribution in [1.82, 2.24) is 0 Å². The van der Waals surface area contributed by atoms with Gasteiger partial charge < -0.3 is 0 Å². The molecule has 0 bridgehead atoms. The molecule has 0 nitrogen and oxygen atoms in total. The predicted molar refractivity (Wildman–Crippen MR) is 41.3 cm³/mol. The van der Waals surface area contributed by atoms with Crippen LogP contribution in [0.2, 0.25) is 0 Å². The van der Waals surface area contributed by atoms with Crippen molar-refractivity contribution in [3.8, 4) is 0 Å². The highest BCUT2D eigenvalue weighted by molar-refractivity contribution is 5.02. The van der Waals surface area contributed by atoms with Crippen molar-refractivity contribution < 1.29 is 0 Å². The molecule has 0 radical (unpaired) electrons. The lowest BCUT2D eigenvalue weighted by Crippen LogP contribution is -2.11. The van der Waals surface area contributed by atoms with E-state index in [0.29, 0.717) is 0 Å². The second kappa shape index (κ2) is 2.55. The third kappa shape index (κ3) is 1.57. The van der Waals surface area contributed by atoms with Crippen LogP contribution in [0.5, 0.6) is 0 Å². The molecule has 0 aromatic carbocycles. The highest BCUT2D eigenvalue weighted by atomic mass is 14.2. The van der Waals surface area contributed by atoms with Gasteiger partial charge in [-0.25, -0.2) is 0 Å². The molecule has 0 aliphatic heterocycles. The molecule has 0 amide bonds. The van der Waals surface area contributed by atoms with E-state index in [1.807, 2.05) is 0 Å². The molecule has 0 heterocycles. The molecular formula is C9H16. The van der Waals surface area contributed by atoms with Crippen LogP contribution in [0.4, 0.5) is 0 Å². The third-order valence-electron chi connectivity index (χ3n) is 2.40. The Morgan fingerprint density at radius 3 is 2.44 bits per heavy atom. The highest BCUT2D eigenvalue weighted by Gasteiger charge is 2.16. The molecule has 9 heavy (non-hydrogen) atoms. The molecule has 1 fully saturated rings. The predicted octanol–water partition coefficient (Wildman–Crippen LogP) is 3.00. The van der Waals surface area contributed by atoms with E-state index in [4.69, 9.17) is 0 Å². The first-order valence-electron chi connectivity index (χ1n) is 3.88. The van der Waals surface area contributed by atoms with Gasteiger partial charge >= 0.3 is 0 Å². The molecule has 1 saturated carbocycles. The molecule has 1 aliphatic carbocycles. The van der Waals surface area contributed by atoms with Gasteiger partial charge in [-0.1, -0.05) is 26.0 Å². The van der Waals surface area contributed by atoms with Crippen LogP contribution in [0.1, 0.15) is 33.1 Å². The van der Waals surface area contributed by atoms with E-state index in [1.165, 1.54) is 24.8 Å². The van der Waals surface area contributed by atoms with Crippen LogP contribution >= 0.6 is 0 Å². The van der Waals surface area contributed by atoms with Crippen LogP contribution in [-0.2, 0) is 0 Å². The monoisotopic (exact) mass is 124 g/mol. The maximum Gasteiger partial charge on any atom is -0.0234 e. The Balaban J connectivity index is 2.44. The number of hydrogen-bond acceptors (Lipinski definition) is 0. The largest absolute Gasteiger partial charge is 0.0996 e. The van der Waals surface area contributed by atoms with Gasteiger partial charge in [-0.2, -0.15) is 0 Å². The quantitative estimate of drug-likeness (QED) is 0.435.